The van der Waals surface area contributed by atoms with E-state index in [1.165, 1.54) is 11.3 Å². The Balaban J connectivity index is 1.97. The van der Waals surface area contributed by atoms with Crippen molar-refractivity contribution >= 4 is 54.5 Å². The van der Waals surface area contributed by atoms with Gasteiger partial charge in [0.2, 0.25) is 0 Å². The summed E-state index contributed by atoms with van der Waals surface area (Å²) in [5, 5.41) is 3.11. The van der Waals surface area contributed by atoms with Gasteiger partial charge in [-0.05, 0) is 18.2 Å². The van der Waals surface area contributed by atoms with E-state index >= 15 is 0 Å². The number of aromatic nitrogens is 1. The fourth-order valence-corrected chi connectivity index (χ4v) is 2.84. The van der Waals surface area contributed by atoms with Gasteiger partial charge in [-0.1, -0.05) is 41.1 Å². The van der Waals surface area contributed by atoms with Gasteiger partial charge in [-0.2, -0.15) is 0 Å². The molecule has 5 nitrogen and oxygen atoms in total. The van der Waals surface area contributed by atoms with Crippen LogP contribution in [0.5, 0.6) is 0 Å². The van der Waals surface area contributed by atoms with E-state index in [0.29, 0.717) is 5.13 Å². The van der Waals surface area contributed by atoms with Gasteiger partial charge in [0.1, 0.15) is 0 Å². The molecule has 0 unspecified atom stereocenters. The minimum atomic E-state index is -0.395. The molecule has 2 aromatic rings. The molecular weight excluding hydrogens is 344 g/mol. The van der Waals surface area contributed by atoms with Gasteiger partial charge in [0.05, 0.1) is 16.1 Å². The zero-order chi connectivity index (χ0) is 14.7. The Morgan fingerprint density at radius 3 is 2.90 bits per heavy atom. The maximum Gasteiger partial charge on any atom is 0.308 e. The maximum atomic E-state index is 11.7. The first-order valence-corrected chi connectivity index (χ1v) is 7.59. The number of carbonyl (C=O) groups excluding carboxylic acids is 2. The van der Waals surface area contributed by atoms with Crippen LogP contribution in [0, 0.1) is 5.92 Å². The predicted octanol–water partition coefficient (Wildman–Crippen LogP) is 3.20. The highest BCUT2D eigenvalue weighted by molar-refractivity contribution is 9.10. The lowest BCUT2D eigenvalue weighted by Gasteiger charge is -2.06. The Hall–Kier alpha value is -1.47. The van der Waals surface area contributed by atoms with Crippen LogP contribution in [0.2, 0.25) is 0 Å². The van der Waals surface area contributed by atoms with Crippen LogP contribution in [0.15, 0.2) is 22.7 Å². The summed E-state index contributed by atoms with van der Waals surface area (Å²) < 4.78 is 6.77. The first kappa shape index (κ1) is 14.9. The van der Waals surface area contributed by atoms with Crippen molar-refractivity contribution in [3.05, 3.63) is 22.7 Å². The minimum absolute atomic E-state index is 0.248. The smallest absolute Gasteiger partial charge is 0.308 e. The zero-order valence-corrected chi connectivity index (χ0v) is 13.4. The molecule has 106 valence electrons. The highest BCUT2D eigenvalue weighted by atomic mass is 79.9. The number of ether oxygens (including phenoxy) is 1. The molecule has 7 heteroatoms. The molecule has 0 spiro atoms. The van der Waals surface area contributed by atoms with E-state index in [0.717, 1.165) is 14.7 Å². The highest BCUT2D eigenvalue weighted by Gasteiger charge is 2.12. The normalized spacial score (nSPS) is 10.8. The number of benzene rings is 1. The lowest BCUT2D eigenvalue weighted by molar-refractivity contribution is -0.150. The third-order valence-electron chi connectivity index (χ3n) is 2.41. The van der Waals surface area contributed by atoms with Crippen molar-refractivity contribution in [2.45, 2.75) is 13.8 Å². The molecule has 0 aliphatic rings. The fraction of sp³-hybridized carbons (Fsp3) is 0.308. The summed E-state index contributed by atoms with van der Waals surface area (Å²) >= 11 is 4.75. The van der Waals surface area contributed by atoms with Crippen molar-refractivity contribution in [1.82, 2.24) is 4.98 Å². The summed E-state index contributed by atoms with van der Waals surface area (Å²) in [4.78, 5) is 27.2. The molecule has 0 bridgehead atoms. The van der Waals surface area contributed by atoms with E-state index in [2.05, 4.69) is 26.2 Å². The molecule has 0 radical (unpaired) electrons. The first-order chi connectivity index (χ1) is 9.45. The van der Waals surface area contributed by atoms with Crippen LogP contribution >= 0.6 is 27.3 Å². The molecule has 20 heavy (non-hydrogen) atoms. The van der Waals surface area contributed by atoms with Gasteiger partial charge < -0.3 is 4.74 Å². The quantitative estimate of drug-likeness (QED) is 0.854. The van der Waals surface area contributed by atoms with E-state index in [9.17, 15) is 9.59 Å². The van der Waals surface area contributed by atoms with Gasteiger partial charge in [-0.25, -0.2) is 4.98 Å². The average molecular weight is 357 g/mol. The number of carbonyl (C=O) groups is 2. The summed E-state index contributed by atoms with van der Waals surface area (Å²) in [6.07, 6.45) is 0. The van der Waals surface area contributed by atoms with Crippen molar-refractivity contribution in [1.29, 1.82) is 0 Å². The predicted molar refractivity (Wildman–Crippen MR) is 81.7 cm³/mol. The van der Waals surface area contributed by atoms with Crippen LogP contribution in [-0.2, 0) is 14.3 Å². The average Bonchev–Trinajstić information content (AvgIpc) is 2.76. The third-order valence-corrected chi connectivity index (χ3v) is 3.84. The third kappa shape index (κ3) is 3.77. The number of hydrogen-bond acceptors (Lipinski definition) is 5. The number of halogens is 1. The van der Waals surface area contributed by atoms with Gasteiger partial charge in [-0.3, -0.25) is 14.9 Å². The Kier molecular flexibility index (Phi) is 4.72. The van der Waals surface area contributed by atoms with Crippen molar-refractivity contribution in [3.8, 4) is 0 Å². The molecule has 2 rings (SSSR count). The number of anilines is 1. The molecule has 1 aromatic heterocycles. The molecule has 1 N–H and O–H groups in total. The van der Waals surface area contributed by atoms with Crippen LogP contribution in [0.1, 0.15) is 13.8 Å². The number of nitrogens with one attached hydrogen (secondary N) is 1. The Bertz CT molecular complexity index is 654. The van der Waals surface area contributed by atoms with Crippen LogP contribution in [-0.4, -0.2) is 23.5 Å². The van der Waals surface area contributed by atoms with Crippen LogP contribution in [0.4, 0.5) is 5.13 Å². The van der Waals surface area contributed by atoms with Crippen LogP contribution in [0.25, 0.3) is 10.2 Å². The molecule has 0 fully saturated rings. The summed E-state index contributed by atoms with van der Waals surface area (Å²) in [5.41, 5.74) is 0.813. The molecule has 0 saturated heterocycles. The van der Waals surface area contributed by atoms with E-state index in [-0.39, 0.29) is 12.5 Å². The topological polar surface area (TPSA) is 68.3 Å². The fourth-order valence-electron chi connectivity index (χ4n) is 1.41. The maximum absolute atomic E-state index is 11.7. The van der Waals surface area contributed by atoms with E-state index in [1.54, 1.807) is 13.8 Å². The number of fused-ring (bicyclic) bond motifs is 1. The monoisotopic (exact) mass is 356 g/mol. The first-order valence-electron chi connectivity index (χ1n) is 5.98. The SMILES string of the molecule is CC(C)C(=O)OCC(=O)Nc1nc2ccc(Br)cc2s1. The van der Waals surface area contributed by atoms with Gasteiger partial charge in [0.25, 0.3) is 5.91 Å². The number of amides is 1. The zero-order valence-electron chi connectivity index (χ0n) is 11.0. The van der Waals surface area contributed by atoms with Gasteiger partial charge in [-0.15, -0.1) is 0 Å². The second-order valence-electron chi connectivity index (χ2n) is 4.44. The molecule has 0 aliphatic heterocycles. The van der Waals surface area contributed by atoms with Crippen molar-refractivity contribution in [2.75, 3.05) is 11.9 Å². The van der Waals surface area contributed by atoms with E-state index in [1.807, 2.05) is 18.2 Å². The molecule has 0 aliphatic carbocycles. The standard InChI is InChI=1S/C13H13BrN2O3S/c1-7(2)12(18)19-6-11(17)16-13-15-9-4-3-8(14)5-10(9)20-13/h3-5,7H,6H2,1-2H3,(H,15,16,17). The molecule has 1 amide bonds. The van der Waals surface area contributed by atoms with Gasteiger partial charge in [0.15, 0.2) is 11.7 Å². The number of nitrogens with zero attached hydrogens (tertiary/aromatic N) is 1. The van der Waals surface area contributed by atoms with Gasteiger partial charge >= 0.3 is 5.97 Å². The minimum Gasteiger partial charge on any atom is -0.455 e. The van der Waals surface area contributed by atoms with Crippen molar-refractivity contribution in [3.63, 3.8) is 0 Å². The largest absolute Gasteiger partial charge is 0.455 e. The number of hydrogen-bond donors (Lipinski definition) is 1. The number of rotatable bonds is 4. The van der Waals surface area contributed by atoms with Crippen molar-refractivity contribution < 1.29 is 14.3 Å². The summed E-state index contributed by atoms with van der Waals surface area (Å²) in [5.74, 6) is -1.03. The number of thiazole rings is 1. The van der Waals surface area contributed by atoms with E-state index in [4.69, 9.17) is 4.74 Å². The molecular formula is C13H13BrN2O3S. The van der Waals surface area contributed by atoms with Crippen molar-refractivity contribution in [2.24, 2.45) is 5.92 Å². The van der Waals surface area contributed by atoms with Gasteiger partial charge in [0, 0.05) is 4.47 Å². The summed E-state index contributed by atoms with van der Waals surface area (Å²) in [6, 6.07) is 5.68. The second kappa shape index (κ2) is 6.32. The summed E-state index contributed by atoms with van der Waals surface area (Å²) in [6.45, 7) is 3.13. The number of esters is 1. The van der Waals surface area contributed by atoms with Crippen LogP contribution in [0.3, 0.4) is 0 Å². The van der Waals surface area contributed by atoms with Crippen LogP contribution < -0.4 is 5.32 Å². The Morgan fingerprint density at radius 1 is 1.45 bits per heavy atom. The molecule has 1 aromatic carbocycles. The van der Waals surface area contributed by atoms with E-state index < -0.39 is 11.9 Å². The highest BCUT2D eigenvalue weighted by Crippen LogP contribution is 2.28. The lowest BCUT2D eigenvalue weighted by atomic mass is 10.2. The molecule has 0 atom stereocenters. The Labute approximate surface area is 128 Å². The molecule has 1 heterocycles. The molecule has 0 saturated carbocycles. The second-order valence-corrected chi connectivity index (χ2v) is 6.39. The summed E-state index contributed by atoms with van der Waals surface area (Å²) in [7, 11) is 0. The Morgan fingerprint density at radius 2 is 2.20 bits per heavy atom. The lowest BCUT2D eigenvalue weighted by Crippen LogP contribution is -2.22.